The van der Waals surface area contributed by atoms with Gasteiger partial charge in [0.2, 0.25) is 5.91 Å². The molecule has 0 aromatic carbocycles. The third-order valence-electron chi connectivity index (χ3n) is 7.74. The van der Waals surface area contributed by atoms with Crippen LogP contribution in [0.4, 0.5) is 0 Å². The molecule has 29 heavy (non-hydrogen) atoms. The Hall–Kier alpha value is -1.06. The van der Waals surface area contributed by atoms with E-state index in [1.54, 1.807) is 0 Å². The summed E-state index contributed by atoms with van der Waals surface area (Å²) in [5.41, 5.74) is -0.0825. The van der Waals surface area contributed by atoms with Crippen LogP contribution in [0.25, 0.3) is 0 Å². The number of carbonyl (C=O) groups excluding carboxylic acids is 2. The molecule has 3 aliphatic carbocycles. The van der Waals surface area contributed by atoms with Crippen molar-refractivity contribution in [3.63, 3.8) is 0 Å². The summed E-state index contributed by atoms with van der Waals surface area (Å²) < 4.78 is 5.00. The van der Waals surface area contributed by atoms with Crippen LogP contribution in [-0.4, -0.2) is 25.0 Å². The highest BCUT2D eigenvalue weighted by Gasteiger charge is 2.49. The fraction of sp³-hybridized carbons (Fsp3) is 0.920. The Balaban J connectivity index is 1.09. The molecule has 0 radical (unpaired) electrons. The third kappa shape index (κ3) is 6.72. The van der Waals surface area contributed by atoms with Crippen LogP contribution in [0.2, 0.25) is 0 Å². The predicted octanol–water partition coefficient (Wildman–Crippen LogP) is 6.07. The number of hydrogen-bond acceptors (Lipinski definition) is 3. The largest absolute Gasteiger partial charge is 0.469 e. The molecule has 0 bridgehead atoms. The molecule has 1 N–H and O–H groups in total. The van der Waals surface area contributed by atoms with Gasteiger partial charge < -0.3 is 10.1 Å². The van der Waals surface area contributed by atoms with E-state index in [-0.39, 0.29) is 16.8 Å². The first-order valence-corrected chi connectivity index (χ1v) is 12.5. The minimum atomic E-state index is -0.119. The lowest BCUT2D eigenvalue weighted by Crippen LogP contribution is -2.38. The number of esters is 1. The first-order valence-electron chi connectivity index (χ1n) is 12.5. The van der Waals surface area contributed by atoms with Gasteiger partial charge in [-0.2, -0.15) is 0 Å². The van der Waals surface area contributed by atoms with E-state index in [9.17, 15) is 9.59 Å². The lowest BCUT2D eigenvalue weighted by Gasteiger charge is -2.39. The van der Waals surface area contributed by atoms with Crippen molar-refractivity contribution >= 4 is 11.9 Å². The maximum Gasteiger partial charge on any atom is 0.311 e. The molecule has 3 saturated carbocycles. The molecular weight excluding hydrogens is 362 g/mol. The van der Waals surface area contributed by atoms with E-state index in [2.05, 4.69) is 5.32 Å². The molecule has 4 nitrogen and oxygen atoms in total. The van der Waals surface area contributed by atoms with Gasteiger partial charge in [-0.3, -0.25) is 9.59 Å². The smallest absolute Gasteiger partial charge is 0.311 e. The molecule has 4 heteroatoms. The molecule has 166 valence electrons. The average Bonchev–Trinajstić information content (AvgIpc) is 3.60. The molecular formula is C25H43NO3. The highest BCUT2D eigenvalue weighted by atomic mass is 16.5. The summed E-state index contributed by atoms with van der Waals surface area (Å²) in [5, 5.41) is 3.21. The number of nitrogens with one attached hydrogen (secondary N) is 1. The van der Waals surface area contributed by atoms with Crippen molar-refractivity contribution in [2.75, 3.05) is 7.11 Å². The van der Waals surface area contributed by atoms with E-state index in [4.69, 9.17) is 4.74 Å². The molecule has 0 heterocycles. The van der Waals surface area contributed by atoms with Gasteiger partial charge in [0.15, 0.2) is 0 Å². The van der Waals surface area contributed by atoms with Crippen molar-refractivity contribution in [3.8, 4) is 0 Å². The second kappa shape index (κ2) is 10.8. The summed E-state index contributed by atoms with van der Waals surface area (Å²) in [6.07, 6.45) is 22.9. The molecule has 3 rings (SSSR count). The van der Waals surface area contributed by atoms with Gasteiger partial charge in [0.05, 0.1) is 12.5 Å². The standard InChI is InChI=1S/C25H43NO3/c1-29-23(28)25(17-12-18-25)16-11-9-7-5-3-2-4-6-8-10-15-24(19-20-24)22(27)26-21-13-14-21/h21H,2-20H2,1H3,(H,26,27). The topological polar surface area (TPSA) is 55.4 Å². The van der Waals surface area contributed by atoms with E-state index in [0.29, 0.717) is 11.9 Å². The van der Waals surface area contributed by atoms with Gasteiger partial charge in [-0.05, 0) is 51.4 Å². The Morgan fingerprint density at radius 3 is 1.62 bits per heavy atom. The molecule has 0 atom stereocenters. The Labute approximate surface area is 177 Å². The first-order chi connectivity index (χ1) is 14.1. The van der Waals surface area contributed by atoms with Crippen molar-refractivity contribution in [2.24, 2.45) is 10.8 Å². The average molecular weight is 406 g/mol. The van der Waals surface area contributed by atoms with Crippen LogP contribution >= 0.6 is 0 Å². The second-order valence-corrected chi connectivity index (χ2v) is 10.2. The fourth-order valence-corrected chi connectivity index (χ4v) is 5.02. The summed E-state index contributed by atoms with van der Waals surface area (Å²) in [6.45, 7) is 0. The highest BCUT2D eigenvalue weighted by Crippen LogP contribution is 2.50. The molecule has 1 amide bonds. The second-order valence-electron chi connectivity index (χ2n) is 10.2. The van der Waals surface area contributed by atoms with Crippen molar-refractivity contribution in [3.05, 3.63) is 0 Å². The van der Waals surface area contributed by atoms with Gasteiger partial charge in [0, 0.05) is 11.5 Å². The molecule has 3 aliphatic rings. The van der Waals surface area contributed by atoms with Crippen molar-refractivity contribution in [1.29, 1.82) is 0 Å². The predicted molar refractivity (Wildman–Crippen MR) is 117 cm³/mol. The number of carbonyl (C=O) groups is 2. The number of methoxy groups -OCH3 is 1. The zero-order valence-electron chi connectivity index (χ0n) is 18.7. The molecule has 0 aromatic rings. The van der Waals surface area contributed by atoms with Crippen LogP contribution in [0.15, 0.2) is 0 Å². The number of hydrogen-bond donors (Lipinski definition) is 1. The van der Waals surface area contributed by atoms with Crippen LogP contribution in [-0.2, 0) is 14.3 Å². The maximum absolute atomic E-state index is 12.3. The Morgan fingerprint density at radius 2 is 1.24 bits per heavy atom. The van der Waals surface area contributed by atoms with Gasteiger partial charge in [-0.15, -0.1) is 0 Å². The lowest BCUT2D eigenvalue weighted by molar-refractivity contribution is -0.159. The normalized spacial score (nSPS) is 21.3. The number of rotatable bonds is 16. The van der Waals surface area contributed by atoms with Gasteiger partial charge in [-0.1, -0.05) is 70.6 Å². The summed E-state index contributed by atoms with van der Waals surface area (Å²) in [6, 6.07) is 0.507. The molecule has 3 fully saturated rings. The van der Waals surface area contributed by atoms with Crippen LogP contribution in [0.1, 0.15) is 122 Å². The molecule has 0 spiro atoms. The maximum atomic E-state index is 12.3. The zero-order valence-corrected chi connectivity index (χ0v) is 18.7. The quantitative estimate of drug-likeness (QED) is 0.250. The Morgan fingerprint density at radius 1 is 0.759 bits per heavy atom. The minimum Gasteiger partial charge on any atom is -0.469 e. The minimum absolute atomic E-state index is 0.0277. The summed E-state index contributed by atoms with van der Waals surface area (Å²) in [4.78, 5) is 24.2. The fourth-order valence-electron chi connectivity index (χ4n) is 5.02. The highest BCUT2D eigenvalue weighted by molar-refractivity contribution is 5.85. The van der Waals surface area contributed by atoms with E-state index in [1.807, 2.05) is 0 Å². The van der Waals surface area contributed by atoms with Crippen molar-refractivity contribution in [1.82, 2.24) is 5.32 Å². The van der Waals surface area contributed by atoms with E-state index < -0.39 is 0 Å². The Kier molecular flexibility index (Phi) is 8.44. The lowest BCUT2D eigenvalue weighted by atomic mass is 9.66. The number of unbranched alkanes of at least 4 members (excludes halogenated alkanes) is 9. The van der Waals surface area contributed by atoms with Crippen molar-refractivity contribution in [2.45, 2.75) is 128 Å². The third-order valence-corrected chi connectivity index (χ3v) is 7.74. The van der Waals surface area contributed by atoms with Crippen LogP contribution in [0, 0.1) is 10.8 Å². The zero-order chi connectivity index (χ0) is 20.6. The Bertz CT molecular complexity index is 532. The van der Waals surface area contributed by atoms with Gasteiger partial charge in [-0.25, -0.2) is 0 Å². The van der Waals surface area contributed by atoms with E-state index >= 15 is 0 Å². The van der Waals surface area contributed by atoms with Gasteiger partial charge in [0.25, 0.3) is 0 Å². The SMILES string of the molecule is COC(=O)C1(CCCCCCCCCCCCC2(C(=O)NC3CC3)CC2)CCC1. The summed E-state index contributed by atoms with van der Waals surface area (Å²) >= 11 is 0. The monoisotopic (exact) mass is 405 g/mol. The van der Waals surface area contributed by atoms with Crippen molar-refractivity contribution < 1.29 is 14.3 Å². The van der Waals surface area contributed by atoms with Crippen LogP contribution < -0.4 is 5.32 Å². The first kappa shape index (κ1) is 22.6. The van der Waals surface area contributed by atoms with E-state index in [1.165, 1.54) is 90.6 Å². The molecule has 0 unspecified atom stereocenters. The van der Waals surface area contributed by atoms with Gasteiger partial charge in [0.1, 0.15) is 0 Å². The van der Waals surface area contributed by atoms with Crippen LogP contribution in [0.3, 0.4) is 0 Å². The number of amides is 1. The molecule has 0 saturated heterocycles. The summed E-state index contributed by atoms with van der Waals surface area (Å²) in [7, 11) is 1.53. The number of ether oxygens (including phenoxy) is 1. The molecule has 0 aliphatic heterocycles. The van der Waals surface area contributed by atoms with E-state index in [0.717, 1.165) is 38.5 Å². The van der Waals surface area contributed by atoms with Gasteiger partial charge >= 0.3 is 5.97 Å². The van der Waals surface area contributed by atoms with Crippen LogP contribution in [0.5, 0.6) is 0 Å². The molecule has 0 aromatic heterocycles. The summed E-state index contributed by atoms with van der Waals surface area (Å²) in [5.74, 6) is 0.384.